The van der Waals surface area contributed by atoms with E-state index in [2.05, 4.69) is 5.32 Å². The largest absolute Gasteiger partial charge is 0.480 e. The first kappa shape index (κ1) is 15.2. The molecule has 0 atom stereocenters. The maximum Gasteiger partial charge on any atom is 0.322 e. The third-order valence-corrected chi connectivity index (χ3v) is 2.48. The molecule has 0 heterocycles. The van der Waals surface area contributed by atoms with Gasteiger partial charge in [-0.25, -0.2) is 0 Å². The zero-order valence-electron chi connectivity index (χ0n) is 11.0. The Balaban J connectivity index is 2.89. The van der Waals surface area contributed by atoms with Crippen LogP contribution in [-0.2, 0) is 9.59 Å². The van der Waals surface area contributed by atoms with E-state index in [1.165, 1.54) is 6.20 Å². The Morgan fingerprint density at radius 2 is 2.05 bits per heavy atom. The first-order chi connectivity index (χ1) is 9.58. The van der Waals surface area contributed by atoms with Crippen LogP contribution in [-0.4, -0.2) is 30.1 Å². The highest BCUT2D eigenvalue weighted by atomic mass is 16.4. The van der Waals surface area contributed by atoms with Crippen LogP contribution in [0.4, 0.5) is 5.69 Å². The number of carboxylic acids is 1. The Hall–Kier alpha value is -2.81. The number of nitrogens with zero attached hydrogens (tertiary/aromatic N) is 2. The van der Waals surface area contributed by atoms with Gasteiger partial charge in [0.05, 0.1) is 0 Å². The summed E-state index contributed by atoms with van der Waals surface area (Å²) < 4.78 is 0. The van der Waals surface area contributed by atoms with Crippen molar-refractivity contribution in [1.29, 1.82) is 5.26 Å². The van der Waals surface area contributed by atoms with Crippen LogP contribution < -0.4 is 10.2 Å². The molecule has 1 amide bonds. The monoisotopic (exact) mass is 273 g/mol. The van der Waals surface area contributed by atoms with Crippen LogP contribution in [0.25, 0.3) is 0 Å². The van der Waals surface area contributed by atoms with Crippen molar-refractivity contribution < 1.29 is 14.7 Å². The Morgan fingerprint density at radius 1 is 1.40 bits per heavy atom. The highest BCUT2D eigenvalue weighted by Gasteiger charge is 2.12. The standard InChI is InChI=1S/C14H15N3O3/c1-2-17(12-6-4-3-5-7-12)10-11(8-15)14(20)16-9-13(18)19/h3-7,10H,2,9H2,1H3,(H,16,20)(H,18,19)/b11-10-. The molecule has 0 spiro atoms. The van der Waals surface area contributed by atoms with Crippen LogP contribution >= 0.6 is 0 Å². The zero-order valence-corrected chi connectivity index (χ0v) is 11.0. The molecule has 0 aliphatic rings. The maximum atomic E-state index is 11.7. The molecule has 1 aromatic carbocycles. The predicted molar refractivity (Wildman–Crippen MR) is 73.8 cm³/mol. The highest BCUT2D eigenvalue weighted by molar-refractivity contribution is 5.98. The van der Waals surface area contributed by atoms with E-state index in [0.717, 1.165) is 5.69 Å². The first-order valence-electron chi connectivity index (χ1n) is 6.02. The minimum Gasteiger partial charge on any atom is -0.480 e. The average molecular weight is 273 g/mol. The van der Waals surface area contributed by atoms with E-state index in [4.69, 9.17) is 10.4 Å². The summed E-state index contributed by atoms with van der Waals surface area (Å²) in [5.74, 6) is -1.87. The summed E-state index contributed by atoms with van der Waals surface area (Å²) in [4.78, 5) is 23.8. The predicted octanol–water partition coefficient (Wildman–Crippen LogP) is 1.12. The third kappa shape index (κ3) is 4.46. The molecule has 104 valence electrons. The lowest BCUT2D eigenvalue weighted by Gasteiger charge is -2.18. The van der Waals surface area contributed by atoms with Crippen molar-refractivity contribution in [2.24, 2.45) is 0 Å². The first-order valence-corrected chi connectivity index (χ1v) is 6.02. The number of benzene rings is 1. The zero-order chi connectivity index (χ0) is 15.0. The van der Waals surface area contributed by atoms with Crippen LogP contribution in [0.2, 0.25) is 0 Å². The fourth-order valence-corrected chi connectivity index (χ4v) is 1.51. The van der Waals surface area contributed by atoms with Crippen molar-refractivity contribution in [3.05, 3.63) is 42.1 Å². The molecular weight excluding hydrogens is 258 g/mol. The second-order valence-electron chi connectivity index (χ2n) is 3.85. The highest BCUT2D eigenvalue weighted by Crippen LogP contribution is 2.14. The Morgan fingerprint density at radius 3 is 2.55 bits per heavy atom. The molecule has 6 heteroatoms. The van der Waals surface area contributed by atoms with Crippen molar-refractivity contribution in [1.82, 2.24) is 5.32 Å². The van der Waals surface area contributed by atoms with E-state index < -0.39 is 18.4 Å². The lowest BCUT2D eigenvalue weighted by molar-refractivity contribution is -0.137. The Labute approximate surface area is 116 Å². The molecule has 2 N–H and O–H groups in total. The molecule has 6 nitrogen and oxygen atoms in total. The lowest BCUT2D eigenvalue weighted by atomic mass is 10.2. The number of rotatable bonds is 6. The second-order valence-corrected chi connectivity index (χ2v) is 3.85. The van der Waals surface area contributed by atoms with Gasteiger partial charge in [-0.15, -0.1) is 0 Å². The van der Waals surface area contributed by atoms with E-state index >= 15 is 0 Å². The van der Waals surface area contributed by atoms with E-state index in [1.807, 2.05) is 37.3 Å². The molecule has 0 saturated heterocycles. The molecule has 0 unspecified atom stereocenters. The number of carboxylic acid groups (broad SMARTS) is 1. The van der Waals surface area contributed by atoms with Crippen LogP contribution in [0.3, 0.4) is 0 Å². The summed E-state index contributed by atoms with van der Waals surface area (Å²) in [7, 11) is 0. The molecule has 1 aromatic rings. The van der Waals surface area contributed by atoms with Crippen molar-refractivity contribution in [3.8, 4) is 6.07 Å². The molecule has 0 fully saturated rings. The van der Waals surface area contributed by atoms with Gasteiger partial charge in [-0.3, -0.25) is 9.59 Å². The van der Waals surface area contributed by atoms with Gasteiger partial charge in [0.15, 0.2) is 0 Å². The number of anilines is 1. The molecule has 0 radical (unpaired) electrons. The van der Waals surface area contributed by atoms with Gasteiger partial charge in [-0.05, 0) is 19.1 Å². The van der Waals surface area contributed by atoms with E-state index in [0.29, 0.717) is 6.54 Å². The molecule has 0 aliphatic heterocycles. The number of carbonyl (C=O) groups excluding carboxylic acids is 1. The normalized spacial score (nSPS) is 10.5. The van der Waals surface area contributed by atoms with Crippen LogP contribution in [0.15, 0.2) is 42.1 Å². The molecular formula is C14H15N3O3. The van der Waals surface area contributed by atoms with E-state index in [9.17, 15) is 9.59 Å². The maximum absolute atomic E-state index is 11.7. The van der Waals surface area contributed by atoms with Crippen molar-refractivity contribution >= 4 is 17.6 Å². The number of nitriles is 1. The van der Waals surface area contributed by atoms with Crippen LogP contribution in [0.1, 0.15) is 6.92 Å². The minimum atomic E-state index is -1.16. The molecule has 0 saturated carbocycles. The van der Waals surface area contributed by atoms with Crippen molar-refractivity contribution in [2.45, 2.75) is 6.92 Å². The van der Waals surface area contributed by atoms with Gasteiger partial charge in [0.2, 0.25) is 0 Å². The number of carbonyl (C=O) groups is 2. The molecule has 0 aromatic heterocycles. The Bertz CT molecular complexity index is 547. The summed E-state index contributed by atoms with van der Waals surface area (Å²) >= 11 is 0. The van der Waals surface area contributed by atoms with E-state index in [1.54, 1.807) is 11.0 Å². The van der Waals surface area contributed by atoms with Gasteiger partial charge >= 0.3 is 5.97 Å². The summed E-state index contributed by atoms with van der Waals surface area (Å²) in [6.07, 6.45) is 1.41. The number of para-hydroxylation sites is 1. The lowest BCUT2D eigenvalue weighted by Crippen LogP contribution is -2.31. The summed E-state index contributed by atoms with van der Waals surface area (Å²) in [6.45, 7) is 1.93. The minimum absolute atomic E-state index is 0.142. The number of amides is 1. The smallest absolute Gasteiger partial charge is 0.322 e. The average Bonchev–Trinajstić information content (AvgIpc) is 2.47. The Kier molecular flexibility index (Phi) is 5.78. The fourth-order valence-electron chi connectivity index (χ4n) is 1.51. The fraction of sp³-hybridized carbons (Fsp3) is 0.214. The van der Waals surface area contributed by atoms with Crippen LogP contribution in [0.5, 0.6) is 0 Å². The van der Waals surface area contributed by atoms with Gasteiger partial charge in [0.25, 0.3) is 5.91 Å². The second kappa shape index (κ2) is 7.59. The molecule has 1 rings (SSSR count). The topological polar surface area (TPSA) is 93.4 Å². The molecule has 0 bridgehead atoms. The van der Waals surface area contributed by atoms with Gasteiger partial charge in [-0.2, -0.15) is 5.26 Å². The van der Waals surface area contributed by atoms with Crippen molar-refractivity contribution in [2.75, 3.05) is 18.0 Å². The quantitative estimate of drug-likeness (QED) is 0.598. The molecule has 0 aliphatic carbocycles. The number of nitrogens with one attached hydrogen (secondary N) is 1. The summed E-state index contributed by atoms with van der Waals surface area (Å²) in [5, 5.41) is 19.7. The van der Waals surface area contributed by atoms with Gasteiger partial charge in [0, 0.05) is 18.4 Å². The van der Waals surface area contributed by atoms with Crippen LogP contribution in [0, 0.1) is 11.3 Å². The van der Waals surface area contributed by atoms with Gasteiger partial charge in [-0.1, -0.05) is 18.2 Å². The third-order valence-electron chi connectivity index (χ3n) is 2.48. The summed E-state index contributed by atoms with van der Waals surface area (Å²) in [5.41, 5.74) is 0.700. The number of hydrogen-bond donors (Lipinski definition) is 2. The molecule has 20 heavy (non-hydrogen) atoms. The van der Waals surface area contributed by atoms with Gasteiger partial charge in [0.1, 0.15) is 18.2 Å². The number of aliphatic carboxylic acids is 1. The van der Waals surface area contributed by atoms with E-state index in [-0.39, 0.29) is 5.57 Å². The summed E-state index contributed by atoms with van der Waals surface area (Å²) in [6, 6.07) is 11.0. The SMILES string of the molecule is CCN(/C=C(/C#N)C(=O)NCC(=O)O)c1ccccc1. The number of hydrogen-bond acceptors (Lipinski definition) is 4. The van der Waals surface area contributed by atoms with Gasteiger partial charge < -0.3 is 15.3 Å². The van der Waals surface area contributed by atoms with Crippen molar-refractivity contribution in [3.63, 3.8) is 0 Å².